The molecule has 0 spiro atoms. The normalized spacial score (nSPS) is 27.9. The molecule has 0 aromatic carbocycles. The quantitative estimate of drug-likeness (QED) is 0.763. The summed E-state index contributed by atoms with van der Waals surface area (Å²) in [6.45, 7) is 6.41. The molecule has 1 unspecified atom stereocenters. The summed E-state index contributed by atoms with van der Waals surface area (Å²) in [6, 6.07) is 1.14. The van der Waals surface area contributed by atoms with Crippen molar-refractivity contribution in [3.63, 3.8) is 0 Å². The Balaban J connectivity index is 1.97. The van der Waals surface area contributed by atoms with Crippen molar-refractivity contribution in [2.24, 2.45) is 0 Å². The van der Waals surface area contributed by atoms with E-state index in [0.717, 1.165) is 39.0 Å². The first-order chi connectivity index (χ1) is 8.31. The first-order valence-corrected chi connectivity index (χ1v) is 7.04. The molecule has 98 valence electrons. The summed E-state index contributed by atoms with van der Waals surface area (Å²) in [4.78, 5) is 14.2. The van der Waals surface area contributed by atoms with Crippen molar-refractivity contribution in [1.29, 1.82) is 0 Å². The van der Waals surface area contributed by atoms with Gasteiger partial charge in [-0.1, -0.05) is 6.92 Å². The summed E-state index contributed by atoms with van der Waals surface area (Å²) in [5.74, 6) is 0.236. The van der Waals surface area contributed by atoms with Crippen LogP contribution >= 0.6 is 0 Å². The minimum Gasteiger partial charge on any atom is -0.356 e. The summed E-state index contributed by atoms with van der Waals surface area (Å²) in [7, 11) is 0. The van der Waals surface area contributed by atoms with Crippen molar-refractivity contribution in [3.8, 4) is 0 Å². The monoisotopic (exact) mass is 239 g/mol. The molecule has 2 aliphatic heterocycles. The molecule has 2 fully saturated rings. The molecule has 0 aromatic rings. The highest BCUT2D eigenvalue weighted by Crippen LogP contribution is 2.21. The molecule has 0 aliphatic carbocycles. The molecule has 17 heavy (non-hydrogen) atoms. The number of amides is 1. The zero-order chi connectivity index (χ0) is 12.1. The van der Waals surface area contributed by atoms with Crippen molar-refractivity contribution in [2.45, 2.75) is 51.1 Å². The van der Waals surface area contributed by atoms with Gasteiger partial charge in [-0.15, -0.1) is 0 Å². The third kappa shape index (κ3) is 3.42. The summed E-state index contributed by atoms with van der Waals surface area (Å²) in [5, 5.41) is 6.39. The molecule has 0 saturated carbocycles. The number of rotatable bonds is 3. The van der Waals surface area contributed by atoms with E-state index in [1.54, 1.807) is 0 Å². The minimum atomic E-state index is 0.236. The fourth-order valence-corrected chi connectivity index (χ4v) is 3.19. The van der Waals surface area contributed by atoms with Crippen LogP contribution in [0.15, 0.2) is 0 Å². The third-order valence-corrected chi connectivity index (χ3v) is 4.07. The van der Waals surface area contributed by atoms with E-state index >= 15 is 0 Å². The van der Waals surface area contributed by atoms with E-state index in [4.69, 9.17) is 0 Å². The van der Waals surface area contributed by atoms with Crippen molar-refractivity contribution < 1.29 is 4.79 Å². The number of hydrogen-bond donors (Lipinski definition) is 2. The number of hydrogen-bond acceptors (Lipinski definition) is 3. The summed E-state index contributed by atoms with van der Waals surface area (Å²) < 4.78 is 0. The molecule has 2 saturated heterocycles. The Morgan fingerprint density at radius 3 is 2.65 bits per heavy atom. The highest BCUT2D eigenvalue weighted by molar-refractivity contribution is 5.76. The number of piperidine rings is 1. The van der Waals surface area contributed by atoms with Crippen LogP contribution in [0.25, 0.3) is 0 Å². The van der Waals surface area contributed by atoms with E-state index in [-0.39, 0.29) is 5.91 Å². The first kappa shape index (κ1) is 12.8. The predicted molar refractivity (Wildman–Crippen MR) is 68.9 cm³/mol. The standard InChI is InChI=1S/C13H25N3O/c1-2-16(11-5-8-14-9-6-11)12-4-3-7-15-13(17)10-12/h11-12,14H,2-10H2,1H3,(H,15,17). The van der Waals surface area contributed by atoms with E-state index in [9.17, 15) is 4.79 Å². The first-order valence-electron chi connectivity index (χ1n) is 7.04. The Hall–Kier alpha value is -0.610. The molecule has 2 rings (SSSR count). The van der Waals surface area contributed by atoms with Crippen molar-refractivity contribution >= 4 is 5.91 Å². The average molecular weight is 239 g/mol. The number of nitrogens with one attached hydrogen (secondary N) is 2. The highest BCUT2D eigenvalue weighted by atomic mass is 16.1. The van der Waals surface area contributed by atoms with Gasteiger partial charge in [-0.3, -0.25) is 9.69 Å². The van der Waals surface area contributed by atoms with E-state index in [2.05, 4.69) is 22.5 Å². The molecule has 0 aromatic heterocycles. The van der Waals surface area contributed by atoms with Crippen molar-refractivity contribution in [2.75, 3.05) is 26.2 Å². The molecule has 2 heterocycles. The van der Waals surface area contributed by atoms with E-state index in [1.165, 1.54) is 12.8 Å². The molecule has 1 atom stereocenters. The summed E-state index contributed by atoms with van der Waals surface area (Å²) in [5.41, 5.74) is 0. The van der Waals surface area contributed by atoms with Crippen molar-refractivity contribution in [3.05, 3.63) is 0 Å². The molecular formula is C13H25N3O. The number of nitrogens with zero attached hydrogens (tertiary/aromatic N) is 1. The van der Waals surface area contributed by atoms with Gasteiger partial charge in [0.25, 0.3) is 0 Å². The number of carbonyl (C=O) groups is 1. The third-order valence-electron chi connectivity index (χ3n) is 4.07. The topological polar surface area (TPSA) is 44.4 Å². The minimum absolute atomic E-state index is 0.236. The Bertz CT molecular complexity index is 251. The zero-order valence-electron chi connectivity index (χ0n) is 10.9. The van der Waals surface area contributed by atoms with Crippen LogP contribution in [0.3, 0.4) is 0 Å². The van der Waals surface area contributed by atoms with Crippen LogP contribution in [0.1, 0.15) is 39.0 Å². The molecule has 4 heteroatoms. The lowest BCUT2D eigenvalue weighted by Crippen LogP contribution is -2.48. The lowest BCUT2D eigenvalue weighted by atomic mass is 9.99. The predicted octanol–water partition coefficient (Wildman–Crippen LogP) is 0.729. The molecule has 1 amide bonds. The maximum absolute atomic E-state index is 11.6. The van der Waals surface area contributed by atoms with Gasteiger partial charge < -0.3 is 10.6 Å². The summed E-state index contributed by atoms with van der Waals surface area (Å²) >= 11 is 0. The maximum atomic E-state index is 11.6. The number of carbonyl (C=O) groups excluding carboxylic acids is 1. The molecule has 2 aliphatic rings. The van der Waals surface area contributed by atoms with Gasteiger partial charge in [-0.2, -0.15) is 0 Å². The lowest BCUT2D eigenvalue weighted by Gasteiger charge is -2.39. The van der Waals surface area contributed by atoms with E-state index in [0.29, 0.717) is 18.5 Å². The maximum Gasteiger partial charge on any atom is 0.221 e. The van der Waals surface area contributed by atoms with Crippen molar-refractivity contribution in [1.82, 2.24) is 15.5 Å². The molecule has 4 nitrogen and oxygen atoms in total. The van der Waals surface area contributed by atoms with Gasteiger partial charge in [-0.25, -0.2) is 0 Å². The van der Waals surface area contributed by atoms with Crippen LogP contribution in [0.5, 0.6) is 0 Å². The van der Waals surface area contributed by atoms with Gasteiger partial charge in [0.1, 0.15) is 0 Å². The molecule has 0 bridgehead atoms. The van der Waals surface area contributed by atoms with Crippen LogP contribution in [-0.4, -0.2) is 49.1 Å². The Kier molecular flexibility index (Phi) is 4.80. The van der Waals surface area contributed by atoms with Crippen LogP contribution in [0, 0.1) is 0 Å². The zero-order valence-corrected chi connectivity index (χ0v) is 10.9. The van der Waals surface area contributed by atoms with E-state index < -0.39 is 0 Å². The van der Waals surface area contributed by atoms with E-state index in [1.807, 2.05) is 0 Å². The summed E-state index contributed by atoms with van der Waals surface area (Å²) in [6.07, 6.45) is 5.43. The largest absolute Gasteiger partial charge is 0.356 e. The lowest BCUT2D eigenvalue weighted by molar-refractivity contribution is -0.122. The smallest absolute Gasteiger partial charge is 0.221 e. The van der Waals surface area contributed by atoms with Gasteiger partial charge in [0.05, 0.1) is 0 Å². The van der Waals surface area contributed by atoms with Gasteiger partial charge >= 0.3 is 0 Å². The SMILES string of the molecule is CCN(C1CCNCC1)C1CCCNC(=O)C1. The second kappa shape index (κ2) is 6.36. The van der Waals surface area contributed by atoms with Gasteiger partial charge in [0.15, 0.2) is 0 Å². The fourth-order valence-electron chi connectivity index (χ4n) is 3.19. The Morgan fingerprint density at radius 1 is 1.18 bits per heavy atom. The average Bonchev–Trinajstić information content (AvgIpc) is 2.56. The molecular weight excluding hydrogens is 214 g/mol. The highest BCUT2D eigenvalue weighted by Gasteiger charge is 2.28. The molecule has 2 N–H and O–H groups in total. The van der Waals surface area contributed by atoms with Crippen LogP contribution in [0.4, 0.5) is 0 Å². The molecule has 0 radical (unpaired) electrons. The van der Waals surface area contributed by atoms with Crippen LogP contribution in [0.2, 0.25) is 0 Å². The van der Waals surface area contributed by atoms with Crippen LogP contribution in [-0.2, 0) is 4.79 Å². The second-order valence-corrected chi connectivity index (χ2v) is 5.16. The second-order valence-electron chi connectivity index (χ2n) is 5.16. The van der Waals surface area contributed by atoms with Gasteiger partial charge in [-0.05, 0) is 45.3 Å². The Morgan fingerprint density at radius 2 is 1.94 bits per heavy atom. The Labute approximate surface area is 104 Å². The van der Waals surface area contributed by atoms with Crippen LogP contribution < -0.4 is 10.6 Å². The van der Waals surface area contributed by atoms with Gasteiger partial charge in [0, 0.05) is 25.0 Å². The fraction of sp³-hybridized carbons (Fsp3) is 0.923. The van der Waals surface area contributed by atoms with Gasteiger partial charge in [0.2, 0.25) is 5.91 Å².